The van der Waals surface area contributed by atoms with Crippen LogP contribution in [0.1, 0.15) is 13.8 Å². The maximum absolute atomic E-state index is 9.82. The van der Waals surface area contributed by atoms with E-state index in [2.05, 4.69) is 10.6 Å². The van der Waals surface area contributed by atoms with Crippen LogP contribution in [-0.4, -0.2) is 23.8 Å². The number of hydrazine groups is 1. The first kappa shape index (κ1) is 12.4. The highest BCUT2D eigenvalue weighted by atomic mass is 16.5. The van der Waals surface area contributed by atoms with Gasteiger partial charge in [0.25, 0.3) is 0 Å². The van der Waals surface area contributed by atoms with Gasteiger partial charge in [-0.05, 0) is 6.92 Å². The highest BCUT2D eigenvalue weighted by molar-refractivity contribution is 5.65. The number of rotatable bonds is 1. The molecule has 0 aromatic carbocycles. The number of nitrogens with one attached hydrogen (secondary N) is 1. The number of nitrogens with two attached hydrogens (primary N) is 1. The van der Waals surface area contributed by atoms with E-state index >= 15 is 0 Å². The minimum Gasteiger partial charge on any atom is -0.466 e. The van der Waals surface area contributed by atoms with E-state index in [-0.39, 0.29) is 5.97 Å². The molecule has 0 fully saturated rings. The Morgan fingerprint density at radius 2 is 2.00 bits per heavy atom. The van der Waals surface area contributed by atoms with Gasteiger partial charge >= 0.3 is 12.1 Å². The molecule has 1 amide bonds. The molecular weight excluding hydrogens is 152 g/mol. The molecule has 0 unspecified atom stereocenters. The van der Waals surface area contributed by atoms with Crippen LogP contribution in [0.25, 0.3) is 0 Å². The summed E-state index contributed by atoms with van der Waals surface area (Å²) in [5.74, 6) is 4.11. The van der Waals surface area contributed by atoms with Crippen molar-refractivity contribution in [1.29, 1.82) is 0 Å². The van der Waals surface area contributed by atoms with E-state index in [9.17, 15) is 4.79 Å². The Bertz CT molecular complexity index is 126. The van der Waals surface area contributed by atoms with Crippen molar-refractivity contribution in [2.24, 2.45) is 5.84 Å². The lowest BCUT2D eigenvalue weighted by molar-refractivity contribution is -0.140. The summed E-state index contributed by atoms with van der Waals surface area (Å²) in [7, 11) is 0. The molecule has 0 saturated heterocycles. The van der Waals surface area contributed by atoms with Crippen LogP contribution in [0.3, 0.4) is 0 Å². The number of carbonyl (C=O) groups is 2. The molecule has 0 atom stereocenters. The molecule has 11 heavy (non-hydrogen) atoms. The average molecular weight is 164 g/mol. The number of hydrogen-bond donors (Lipinski definition) is 3. The van der Waals surface area contributed by atoms with Gasteiger partial charge in [-0.15, -0.1) is 0 Å². The molecule has 0 aromatic rings. The monoisotopic (exact) mass is 164 g/mol. The van der Waals surface area contributed by atoms with Gasteiger partial charge in [-0.1, -0.05) is 0 Å². The maximum Gasteiger partial charge on any atom is 0.418 e. The average Bonchev–Trinajstić information content (AvgIpc) is 1.89. The molecule has 0 rings (SSSR count). The number of amides is 1. The predicted octanol–water partition coefficient (Wildman–Crippen LogP) is -0.303. The Labute approximate surface area is 64.3 Å². The van der Waals surface area contributed by atoms with E-state index in [1.54, 1.807) is 6.92 Å². The summed E-state index contributed by atoms with van der Waals surface area (Å²) < 4.78 is 4.40. The fourth-order valence-electron chi connectivity index (χ4n) is 0.203. The molecule has 66 valence electrons. The Morgan fingerprint density at radius 3 is 2.00 bits per heavy atom. The summed E-state index contributed by atoms with van der Waals surface area (Å²) in [6.07, 6.45) is -1.22. The van der Waals surface area contributed by atoms with Crippen LogP contribution in [0.5, 0.6) is 0 Å². The van der Waals surface area contributed by atoms with Crippen LogP contribution in [0.2, 0.25) is 0 Å². The van der Waals surface area contributed by atoms with Crippen molar-refractivity contribution in [3.05, 3.63) is 0 Å². The highest BCUT2D eigenvalue weighted by Crippen LogP contribution is 1.69. The third-order valence-corrected chi connectivity index (χ3v) is 0.471. The largest absolute Gasteiger partial charge is 0.466 e. The van der Waals surface area contributed by atoms with Gasteiger partial charge < -0.3 is 9.84 Å². The molecule has 0 bridgehead atoms. The van der Waals surface area contributed by atoms with Crippen molar-refractivity contribution in [2.45, 2.75) is 13.8 Å². The van der Waals surface area contributed by atoms with Crippen molar-refractivity contribution in [2.75, 3.05) is 6.61 Å². The number of carboxylic acid groups (broad SMARTS) is 1. The van der Waals surface area contributed by atoms with E-state index in [1.165, 1.54) is 12.3 Å². The molecule has 4 N–H and O–H groups in total. The van der Waals surface area contributed by atoms with Gasteiger partial charge in [0.15, 0.2) is 0 Å². The van der Waals surface area contributed by atoms with Crippen LogP contribution in [0.4, 0.5) is 4.79 Å². The quantitative estimate of drug-likeness (QED) is 0.214. The second kappa shape index (κ2) is 8.70. The second-order valence-corrected chi connectivity index (χ2v) is 1.37. The Hall–Kier alpha value is -1.30. The zero-order chi connectivity index (χ0) is 9.28. The van der Waals surface area contributed by atoms with Gasteiger partial charge in [-0.25, -0.2) is 10.6 Å². The van der Waals surface area contributed by atoms with Gasteiger partial charge in [-0.2, -0.15) is 0 Å². The smallest absolute Gasteiger partial charge is 0.418 e. The number of esters is 1. The fourth-order valence-corrected chi connectivity index (χ4v) is 0.203. The Morgan fingerprint density at radius 1 is 1.64 bits per heavy atom. The summed E-state index contributed by atoms with van der Waals surface area (Å²) in [6.45, 7) is 3.65. The van der Waals surface area contributed by atoms with E-state index in [1.807, 2.05) is 0 Å². The minimum atomic E-state index is -1.22. The Balaban J connectivity index is 0. The summed E-state index contributed by atoms with van der Waals surface area (Å²) in [5, 5.41) is 7.49. The number of carbonyl (C=O) groups excluding carboxylic acids is 1. The van der Waals surface area contributed by atoms with Crippen molar-refractivity contribution in [1.82, 2.24) is 5.43 Å². The SMILES string of the molecule is CCOC(C)=O.NNC(=O)O. The number of ether oxygens (including phenoxy) is 1. The molecular formula is C5H12N2O4. The topological polar surface area (TPSA) is 102 Å². The predicted molar refractivity (Wildman–Crippen MR) is 37.7 cm³/mol. The maximum atomic E-state index is 9.82. The number of hydrogen-bond acceptors (Lipinski definition) is 4. The molecule has 0 aliphatic carbocycles. The van der Waals surface area contributed by atoms with Crippen LogP contribution < -0.4 is 11.3 Å². The zero-order valence-electron chi connectivity index (χ0n) is 6.46. The van der Waals surface area contributed by atoms with Crippen molar-refractivity contribution < 1.29 is 19.4 Å². The molecule has 0 radical (unpaired) electrons. The molecule has 6 heteroatoms. The first-order valence-electron chi connectivity index (χ1n) is 2.87. The lowest BCUT2D eigenvalue weighted by Gasteiger charge is -1.89. The van der Waals surface area contributed by atoms with Crippen LogP contribution >= 0.6 is 0 Å². The zero-order valence-corrected chi connectivity index (χ0v) is 6.46. The lowest BCUT2D eigenvalue weighted by Crippen LogP contribution is -2.27. The summed E-state index contributed by atoms with van der Waals surface area (Å²) in [4.78, 5) is 19.0. The first-order chi connectivity index (χ1) is 5.04. The molecule has 0 aromatic heterocycles. The minimum absolute atomic E-state index is 0.211. The van der Waals surface area contributed by atoms with E-state index in [0.29, 0.717) is 6.61 Å². The summed E-state index contributed by atoms with van der Waals surface area (Å²) in [6, 6.07) is 0. The third kappa shape index (κ3) is 28.5. The van der Waals surface area contributed by atoms with E-state index in [4.69, 9.17) is 9.90 Å². The van der Waals surface area contributed by atoms with E-state index < -0.39 is 6.09 Å². The van der Waals surface area contributed by atoms with Gasteiger partial charge in [0, 0.05) is 6.92 Å². The van der Waals surface area contributed by atoms with Gasteiger partial charge in [0.2, 0.25) is 0 Å². The second-order valence-electron chi connectivity index (χ2n) is 1.37. The molecule has 0 aliphatic heterocycles. The molecule has 0 spiro atoms. The normalized spacial score (nSPS) is 7.18. The van der Waals surface area contributed by atoms with Crippen LogP contribution in [0.15, 0.2) is 0 Å². The molecule has 0 saturated carbocycles. The van der Waals surface area contributed by atoms with Crippen molar-refractivity contribution >= 4 is 12.1 Å². The molecule has 6 nitrogen and oxygen atoms in total. The molecule has 0 heterocycles. The third-order valence-electron chi connectivity index (χ3n) is 0.471. The van der Waals surface area contributed by atoms with Crippen LogP contribution in [0, 0.1) is 0 Å². The van der Waals surface area contributed by atoms with Crippen molar-refractivity contribution in [3.8, 4) is 0 Å². The summed E-state index contributed by atoms with van der Waals surface area (Å²) in [5.41, 5.74) is 1.44. The standard InChI is InChI=1S/C4H8O2.CH4N2O2/c1-3-6-4(2)5;2-3-1(4)5/h3H2,1-2H3;3H,2H2,(H,4,5). The van der Waals surface area contributed by atoms with Gasteiger partial charge in [0.1, 0.15) is 0 Å². The van der Waals surface area contributed by atoms with E-state index in [0.717, 1.165) is 0 Å². The Kier molecular flexibility index (Phi) is 9.79. The van der Waals surface area contributed by atoms with Crippen LogP contribution in [-0.2, 0) is 9.53 Å². The van der Waals surface area contributed by atoms with Crippen molar-refractivity contribution in [3.63, 3.8) is 0 Å². The van der Waals surface area contributed by atoms with Gasteiger partial charge in [0.05, 0.1) is 6.61 Å². The highest BCUT2D eigenvalue weighted by Gasteiger charge is 1.81. The first-order valence-corrected chi connectivity index (χ1v) is 2.87. The molecule has 0 aliphatic rings. The summed E-state index contributed by atoms with van der Waals surface area (Å²) >= 11 is 0. The fraction of sp³-hybridized carbons (Fsp3) is 0.600. The van der Waals surface area contributed by atoms with Gasteiger partial charge in [-0.3, -0.25) is 10.2 Å². The lowest BCUT2D eigenvalue weighted by atomic mass is 10.8.